The second-order valence-corrected chi connectivity index (χ2v) is 4.46. The summed E-state index contributed by atoms with van der Waals surface area (Å²) in [5.74, 6) is -0.733. The third kappa shape index (κ3) is 1.92. The van der Waals surface area contributed by atoms with Gasteiger partial charge in [-0.2, -0.15) is 0 Å². The maximum atomic E-state index is 13.4. The quantitative estimate of drug-likeness (QED) is 0.741. The zero-order valence-electron chi connectivity index (χ0n) is 9.57. The van der Waals surface area contributed by atoms with Crippen LogP contribution in [0.5, 0.6) is 0 Å². The molecule has 2 N–H and O–H groups in total. The molecule has 0 aliphatic carbocycles. The van der Waals surface area contributed by atoms with Gasteiger partial charge in [-0.1, -0.05) is 17.7 Å². The summed E-state index contributed by atoms with van der Waals surface area (Å²) in [5, 5.41) is 0.0251. The van der Waals surface area contributed by atoms with E-state index in [1.165, 1.54) is 34.9 Å². The number of nitrogens with zero attached hydrogens (tertiary/aromatic N) is 2. The van der Waals surface area contributed by atoms with E-state index in [0.29, 0.717) is 16.9 Å². The zero-order chi connectivity index (χ0) is 13.6. The van der Waals surface area contributed by atoms with Crippen molar-refractivity contribution in [1.82, 2.24) is 9.38 Å². The number of fused-ring (bicyclic) bond motifs is 1. The summed E-state index contributed by atoms with van der Waals surface area (Å²) >= 11 is 5.63. The van der Waals surface area contributed by atoms with Crippen molar-refractivity contribution in [2.45, 2.75) is 0 Å². The highest BCUT2D eigenvalue weighted by molar-refractivity contribution is 6.30. The number of nitrogen functional groups attached to an aromatic ring is 1. The molecule has 2 heterocycles. The van der Waals surface area contributed by atoms with Gasteiger partial charge in [-0.15, -0.1) is 0 Å². The number of hydrogen-bond acceptors (Lipinski definition) is 2. The maximum absolute atomic E-state index is 13.4. The normalized spacial score (nSPS) is 11.1. The first-order chi connectivity index (χ1) is 9.06. The summed E-state index contributed by atoms with van der Waals surface area (Å²) in [6, 6.07) is 7.07. The zero-order valence-corrected chi connectivity index (χ0v) is 10.3. The minimum Gasteiger partial charge on any atom is -0.383 e. The Morgan fingerprint density at radius 3 is 2.68 bits per heavy atom. The molecule has 1 aromatic carbocycles. The van der Waals surface area contributed by atoms with E-state index in [1.54, 1.807) is 6.07 Å². The number of pyridine rings is 1. The van der Waals surface area contributed by atoms with E-state index >= 15 is 0 Å². The monoisotopic (exact) mass is 279 g/mol. The Morgan fingerprint density at radius 2 is 1.95 bits per heavy atom. The van der Waals surface area contributed by atoms with Gasteiger partial charge in [0.1, 0.15) is 28.8 Å². The van der Waals surface area contributed by atoms with Crippen molar-refractivity contribution >= 4 is 23.1 Å². The molecule has 0 saturated carbocycles. The van der Waals surface area contributed by atoms with Gasteiger partial charge in [0.25, 0.3) is 0 Å². The van der Waals surface area contributed by atoms with Crippen LogP contribution in [0.15, 0.2) is 36.5 Å². The summed E-state index contributed by atoms with van der Waals surface area (Å²) in [7, 11) is 0. The lowest BCUT2D eigenvalue weighted by Crippen LogP contribution is -1.95. The van der Waals surface area contributed by atoms with Crippen molar-refractivity contribution in [3.8, 4) is 11.3 Å². The smallest absolute Gasteiger partial charge is 0.142 e. The molecule has 2 aromatic heterocycles. The maximum Gasteiger partial charge on any atom is 0.142 e. The largest absolute Gasteiger partial charge is 0.383 e. The fourth-order valence-corrected chi connectivity index (χ4v) is 2.01. The molecule has 0 bridgehead atoms. The van der Waals surface area contributed by atoms with Crippen LogP contribution in [0.2, 0.25) is 5.02 Å². The van der Waals surface area contributed by atoms with Crippen LogP contribution in [0.1, 0.15) is 0 Å². The van der Waals surface area contributed by atoms with Gasteiger partial charge in [-0.3, -0.25) is 4.40 Å². The van der Waals surface area contributed by atoms with E-state index in [1.807, 2.05) is 0 Å². The van der Waals surface area contributed by atoms with Crippen molar-refractivity contribution in [2.24, 2.45) is 0 Å². The van der Waals surface area contributed by atoms with Crippen LogP contribution in [-0.2, 0) is 0 Å². The molecule has 0 saturated heterocycles. The fourth-order valence-electron chi connectivity index (χ4n) is 1.89. The van der Waals surface area contributed by atoms with Crippen molar-refractivity contribution in [3.05, 3.63) is 53.2 Å². The molecule has 96 valence electrons. The molecule has 6 heteroatoms. The number of aromatic nitrogens is 2. The number of rotatable bonds is 1. The molecule has 3 rings (SSSR count). The Hall–Kier alpha value is -2.14. The van der Waals surface area contributed by atoms with E-state index in [-0.39, 0.29) is 10.8 Å². The van der Waals surface area contributed by atoms with Gasteiger partial charge in [-0.05, 0) is 24.3 Å². The van der Waals surface area contributed by atoms with Crippen LogP contribution in [0.3, 0.4) is 0 Å². The van der Waals surface area contributed by atoms with Gasteiger partial charge in [-0.25, -0.2) is 13.8 Å². The van der Waals surface area contributed by atoms with Crippen molar-refractivity contribution in [3.63, 3.8) is 0 Å². The molecule has 0 unspecified atom stereocenters. The number of imidazole rings is 1. The molecule has 0 fully saturated rings. The lowest BCUT2D eigenvalue weighted by molar-refractivity contribution is 0.619. The number of halogens is 3. The molecular weight excluding hydrogens is 272 g/mol. The highest BCUT2D eigenvalue weighted by Crippen LogP contribution is 2.29. The van der Waals surface area contributed by atoms with Gasteiger partial charge in [0, 0.05) is 11.8 Å². The Morgan fingerprint density at radius 1 is 1.16 bits per heavy atom. The standard InChI is InChI=1S/C13H8ClF2N3/c14-9-3-1-7(5-10(9)16)12-13(17)19-6-8(15)2-4-11(19)18-12/h1-6H,17H2. The van der Waals surface area contributed by atoms with Gasteiger partial charge in [0.15, 0.2) is 0 Å². The molecule has 0 spiro atoms. The first-order valence-electron chi connectivity index (χ1n) is 5.45. The summed E-state index contributed by atoms with van der Waals surface area (Å²) in [6.45, 7) is 0. The van der Waals surface area contributed by atoms with Gasteiger partial charge >= 0.3 is 0 Å². The third-order valence-corrected chi connectivity index (χ3v) is 3.12. The van der Waals surface area contributed by atoms with E-state index in [0.717, 1.165) is 0 Å². The second kappa shape index (κ2) is 4.20. The van der Waals surface area contributed by atoms with Crippen LogP contribution >= 0.6 is 11.6 Å². The van der Waals surface area contributed by atoms with E-state index in [2.05, 4.69) is 4.98 Å². The predicted octanol–water partition coefficient (Wildman–Crippen LogP) is 3.52. The second-order valence-electron chi connectivity index (χ2n) is 4.05. The van der Waals surface area contributed by atoms with Crippen LogP contribution in [0, 0.1) is 11.6 Å². The van der Waals surface area contributed by atoms with Crippen LogP contribution < -0.4 is 5.73 Å². The van der Waals surface area contributed by atoms with E-state index in [4.69, 9.17) is 17.3 Å². The Labute approximate surface area is 112 Å². The fraction of sp³-hybridized carbons (Fsp3) is 0. The molecule has 0 atom stereocenters. The third-order valence-electron chi connectivity index (χ3n) is 2.81. The highest BCUT2D eigenvalue weighted by Gasteiger charge is 2.13. The van der Waals surface area contributed by atoms with Gasteiger partial charge in [0.2, 0.25) is 0 Å². The number of anilines is 1. The lowest BCUT2D eigenvalue weighted by atomic mass is 10.1. The molecule has 19 heavy (non-hydrogen) atoms. The number of benzene rings is 1. The molecule has 0 aliphatic heterocycles. The minimum absolute atomic E-state index is 0.0251. The highest BCUT2D eigenvalue weighted by atomic mass is 35.5. The summed E-state index contributed by atoms with van der Waals surface area (Å²) < 4.78 is 28.0. The van der Waals surface area contributed by atoms with Crippen molar-refractivity contribution in [2.75, 3.05) is 5.73 Å². The molecule has 3 nitrogen and oxygen atoms in total. The SMILES string of the molecule is Nc1c(-c2ccc(Cl)c(F)c2)nc2ccc(F)cn12. The van der Waals surface area contributed by atoms with Crippen molar-refractivity contribution < 1.29 is 8.78 Å². The van der Waals surface area contributed by atoms with Crippen LogP contribution in [0.25, 0.3) is 16.9 Å². The van der Waals surface area contributed by atoms with Crippen LogP contribution in [0.4, 0.5) is 14.6 Å². The Balaban J connectivity index is 2.24. The first kappa shape index (κ1) is 11.9. The molecule has 0 aliphatic rings. The predicted molar refractivity (Wildman–Crippen MR) is 70.0 cm³/mol. The van der Waals surface area contributed by atoms with Crippen LogP contribution in [-0.4, -0.2) is 9.38 Å². The molecule has 3 aromatic rings. The summed E-state index contributed by atoms with van der Waals surface area (Å²) in [5.41, 5.74) is 7.28. The van der Waals surface area contributed by atoms with Crippen molar-refractivity contribution in [1.29, 1.82) is 0 Å². The summed E-state index contributed by atoms with van der Waals surface area (Å²) in [4.78, 5) is 4.26. The van der Waals surface area contributed by atoms with Gasteiger partial charge < -0.3 is 5.73 Å². The number of nitrogens with two attached hydrogens (primary N) is 1. The average Bonchev–Trinajstić information content (AvgIpc) is 2.70. The van der Waals surface area contributed by atoms with E-state index in [9.17, 15) is 8.78 Å². The van der Waals surface area contributed by atoms with E-state index < -0.39 is 11.6 Å². The lowest BCUT2D eigenvalue weighted by Gasteiger charge is -2.01. The first-order valence-corrected chi connectivity index (χ1v) is 5.82. The Bertz CT molecular complexity index is 783. The number of hydrogen-bond donors (Lipinski definition) is 1. The molecule has 0 amide bonds. The summed E-state index contributed by atoms with van der Waals surface area (Å²) in [6.07, 6.45) is 1.23. The minimum atomic E-state index is -0.554. The average molecular weight is 280 g/mol. The topological polar surface area (TPSA) is 43.3 Å². The molecule has 0 radical (unpaired) electrons. The van der Waals surface area contributed by atoms with Gasteiger partial charge in [0.05, 0.1) is 5.02 Å². The Kier molecular flexibility index (Phi) is 2.64. The molecular formula is C13H8ClF2N3.